The van der Waals surface area contributed by atoms with Crippen LogP contribution in [0.3, 0.4) is 0 Å². The van der Waals surface area contributed by atoms with E-state index < -0.39 is 16.0 Å². The Morgan fingerprint density at radius 3 is 2.42 bits per heavy atom. The number of carbonyl (C=O) groups is 2. The second-order valence-electron chi connectivity index (χ2n) is 8.00. The van der Waals surface area contributed by atoms with Crippen LogP contribution < -0.4 is 10.0 Å². The molecule has 0 bridgehead atoms. The van der Waals surface area contributed by atoms with Gasteiger partial charge in [-0.05, 0) is 67.1 Å². The fourth-order valence-electron chi connectivity index (χ4n) is 3.84. The third kappa shape index (κ3) is 4.94. The molecule has 0 saturated heterocycles. The van der Waals surface area contributed by atoms with Crippen molar-refractivity contribution in [1.29, 1.82) is 0 Å². The van der Waals surface area contributed by atoms with Crippen molar-refractivity contribution in [3.63, 3.8) is 0 Å². The molecule has 0 spiro atoms. The highest BCUT2D eigenvalue weighted by atomic mass is 32.2. The number of rotatable bonds is 6. The molecule has 2 aromatic carbocycles. The molecule has 33 heavy (non-hydrogen) atoms. The van der Waals surface area contributed by atoms with Gasteiger partial charge < -0.3 is 10.1 Å². The predicted molar refractivity (Wildman–Crippen MR) is 128 cm³/mol. The van der Waals surface area contributed by atoms with Gasteiger partial charge >= 0.3 is 5.97 Å². The second-order valence-corrected chi connectivity index (χ2v) is 10.8. The zero-order valence-corrected chi connectivity index (χ0v) is 19.9. The molecule has 4 rings (SSSR count). The fraction of sp³-hybridized carbons (Fsp3) is 0.250. The van der Waals surface area contributed by atoms with Gasteiger partial charge in [-0.2, -0.15) is 0 Å². The summed E-state index contributed by atoms with van der Waals surface area (Å²) in [5, 5.41) is 3.33. The summed E-state index contributed by atoms with van der Waals surface area (Å²) in [5.41, 5.74) is 2.08. The molecule has 1 aromatic heterocycles. The largest absolute Gasteiger partial charge is 0.465 e. The Labute approximate surface area is 196 Å². The summed E-state index contributed by atoms with van der Waals surface area (Å²) in [4.78, 5) is 26.6. The first-order chi connectivity index (χ1) is 15.8. The molecule has 7 nitrogen and oxygen atoms in total. The van der Waals surface area contributed by atoms with E-state index in [0.717, 1.165) is 29.7 Å². The van der Waals surface area contributed by atoms with E-state index in [-0.39, 0.29) is 10.8 Å². The Kier molecular flexibility index (Phi) is 6.53. The molecular weight excluding hydrogens is 460 g/mol. The van der Waals surface area contributed by atoms with Crippen molar-refractivity contribution in [2.75, 3.05) is 17.1 Å². The average molecular weight is 485 g/mol. The minimum atomic E-state index is -3.72. The molecule has 1 atom stereocenters. The topological polar surface area (TPSA) is 102 Å². The van der Waals surface area contributed by atoms with Crippen LogP contribution in [0.15, 0.2) is 59.5 Å². The molecular formula is C24H24N2O5S2. The maximum absolute atomic E-state index is 12.9. The molecule has 1 unspecified atom stereocenters. The summed E-state index contributed by atoms with van der Waals surface area (Å²) in [6.45, 7) is 2.17. The van der Waals surface area contributed by atoms with Crippen LogP contribution in [0.25, 0.3) is 0 Å². The van der Waals surface area contributed by atoms with Crippen molar-refractivity contribution < 1.29 is 22.7 Å². The summed E-state index contributed by atoms with van der Waals surface area (Å²) in [7, 11) is -2.39. The van der Waals surface area contributed by atoms with Crippen LogP contribution >= 0.6 is 11.3 Å². The number of hydrogen-bond donors (Lipinski definition) is 2. The van der Waals surface area contributed by atoms with Crippen molar-refractivity contribution >= 4 is 43.9 Å². The summed E-state index contributed by atoms with van der Waals surface area (Å²) >= 11 is 1.42. The summed E-state index contributed by atoms with van der Waals surface area (Å²) in [5.74, 6) is -0.315. The molecule has 2 N–H and O–H groups in total. The average Bonchev–Trinajstić information content (AvgIpc) is 3.16. The fourth-order valence-corrected chi connectivity index (χ4v) is 6.31. The third-order valence-electron chi connectivity index (χ3n) is 5.58. The number of ether oxygens (including phenoxy) is 1. The Morgan fingerprint density at radius 2 is 1.76 bits per heavy atom. The number of benzene rings is 2. The Bertz CT molecular complexity index is 1280. The number of carbonyl (C=O) groups excluding carboxylic acids is 2. The maximum atomic E-state index is 12.9. The Morgan fingerprint density at radius 1 is 1.06 bits per heavy atom. The SMILES string of the molecule is COC(=O)c1c(NC(=O)c2ccc(NS(=O)(=O)c3ccccc3)cc2)sc2c1CCC(C)C2. The van der Waals surface area contributed by atoms with Gasteiger partial charge in [0.15, 0.2) is 0 Å². The molecule has 0 saturated carbocycles. The van der Waals surface area contributed by atoms with Crippen LogP contribution in [-0.2, 0) is 27.6 Å². The molecule has 0 aliphatic heterocycles. The van der Waals surface area contributed by atoms with Crippen molar-refractivity contribution in [2.24, 2.45) is 5.92 Å². The number of thiophene rings is 1. The van der Waals surface area contributed by atoms with Crippen LogP contribution in [0.5, 0.6) is 0 Å². The molecule has 3 aromatic rings. The van der Waals surface area contributed by atoms with Crippen molar-refractivity contribution in [3.05, 3.63) is 76.2 Å². The first kappa shape index (κ1) is 23.0. The maximum Gasteiger partial charge on any atom is 0.341 e. The molecule has 172 valence electrons. The van der Waals surface area contributed by atoms with E-state index in [1.807, 2.05) is 0 Å². The second kappa shape index (κ2) is 9.36. The van der Waals surface area contributed by atoms with Gasteiger partial charge in [0.25, 0.3) is 15.9 Å². The van der Waals surface area contributed by atoms with E-state index in [2.05, 4.69) is 17.0 Å². The summed E-state index contributed by atoms with van der Waals surface area (Å²) in [6.07, 6.45) is 2.64. The third-order valence-corrected chi connectivity index (χ3v) is 8.15. The minimum absolute atomic E-state index is 0.151. The number of hydrogen-bond acceptors (Lipinski definition) is 6. The lowest BCUT2D eigenvalue weighted by Gasteiger charge is -2.18. The van der Waals surface area contributed by atoms with Gasteiger partial charge in [0.2, 0.25) is 0 Å². The number of esters is 1. The van der Waals surface area contributed by atoms with Gasteiger partial charge in [0.05, 0.1) is 17.6 Å². The number of sulfonamides is 1. The van der Waals surface area contributed by atoms with Crippen LogP contribution in [0.2, 0.25) is 0 Å². The summed E-state index contributed by atoms with van der Waals surface area (Å²) < 4.78 is 32.4. The number of fused-ring (bicyclic) bond motifs is 1. The number of nitrogens with one attached hydrogen (secondary N) is 2. The zero-order valence-electron chi connectivity index (χ0n) is 18.3. The predicted octanol–water partition coefficient (Wildman–Crippen LogP) is 4.71. The Balaban J connectivity index is 1.52. The zero-order chi connectivity index (χ0) is 23.6. The van der Waals surface area contributed by atoms with Gasteiger partial charge in [-0.1, -0.05) is 25.1 Å². The van der Waals surface area contributed by atoms with Crippen molar-refractivity contribution in [1.82, 2.24) is 0 Å². The van der Waals surface area contributed by atoms with Gasteiger partial charge in [-0.25, -0.2) is 13.2 Å². The normalized spacial score (nSPS) is 15.4. The van der Waals surface area contributed by atoms with Crippen LogP contribution in [0, 0.1) is 5.92 Å². The lowest BCUT2D eigenvalue weighted by atomic mass is 9.88. The highest BCUT2D eigenvalue weighted by Crippen LogP contribution is 2.40. The minimum Gasteiger partial charge on any atom is -0.465 e. The molecule has 1 aliphatic carbocycles. The first-order valence-electron chi connectivity index (χ1n) is 10.5. The van der Waals surface area contributed by atoms with Crippen LogP contribution in [0.1, 0.15) is 44.5 Å². The lowest BCUT2D eigenvalue weighted by molar-refractivity contribution is 0.0601. The van der Waals surface area contributed by atoms with E-state index >= 15 is 0 Å². The lowest BCUT2D eigenvalue weighted by Crippen LogP contribution is -2.16. The highest BCUT2D eigenvalue weighted by molar-refractivity contribution is 7.92. The quantitative estimate of drug-likeness (QED) is 0.493. The standard InChI is InChI=1S/C24H24N2O5S2/c1-15-8-13-19-20(14-15)32-23(21(19)24(28)31-2)25-22(27)16-9-11-17(12-10-16)26-33(29,30)18-6-4-3-5-7-18/h3-7,9-12,15,26H,8,13-14H2,1-2H3,(H,25,27). The first-order valence-corrected chi connectivity index (χ1v) is 12.8. The van der Waals surface area contributed by atoms with Crippen LogP contribution in [0.4, 0.5) is 10.7 Å². The molecule has 0 fully saturated rings. The number of amides is 1. The molecule has 0 radical (unpaired) electrons. The van der Waals surface area contributed by atoms with E-state index in [1.54, 1.807) is 18.2 Å². The van der Waals surface area contributed by atoms with Gasteiger partial charge in [-0.3, -0.25) is 9.52 Å². The monoisotopic (exact) mass is 484 g/mol. The highest BCUT2D eigenvalue weighted by Gasteiger charge is 2.29. The molecule has 1 aliphatic rings. The number of methoxy groups -OCH3 is 1. The molecule has 9 heteroatoms. The van der Waals surface area contributed by atoms with E-state index in [4.69, 9.17) is 4.74 Å². The van der Waals surface area contributed by atoms with Crippen molar-refractivity contribution in [3.8, 4) is 0 Å². The van der Waals surface area contributed by atoms with Crippen LogP contribution in [-0.4, -0.2) is 27.4 Å². The summed E-state index contributed by atoms with van der Waals surface area (Å²) in [6, 6.07) is 14.2. The molecule has 1 amide bonds. The van der Waals surface area contributed by atoms with E-state index in [0.29, 0.717) is 27.7 Å². The number of anilines is 2. The van der Waals surface area contributed by atoms with E-state index in [1.165, 1.54) is 54.8 Å². The van der Waals surface area contributed by atoms with E-state index in [9.17, 15) is 18.0 Å². The van der Waals surface area contributed by atoms with Gasteiger partial charge in [-0.15, -0.1) is 11.3 Å². The molecule has 1 heterocycles. The van der Waals surface area contributed by atoms with Gasteiger partial charge in [0.1, 0.15) is 5.00 Å². The smallest absolute Gasteiger partial charge is 0.341 e. The van der Waals surface area contributed by atoms with Crippen molar-refractivity contribution in [2.45, 2.75) is 31.1 Å². The Hall–Kier alpha value is -3.17. The van der Waals surface area contributed by atoms with Gasteiger partial charge in [0, 0.05) is 16.1 Å².